The minimum Gasteiger partial charge on any atom is -0.396 e. The van der Waals surface area contributed by atoms with Crippen molar-refractivity contribution in [2.24, 2.45) is 17.0 Å². The number of nitrogens with zero attached hydrogens (tertiary/aromatic N) is 1. The smallest absolute Gasteiger partial charge is 0.255 e. The molecular formula is C26H30ClF3N2O5S. The van der Waals surface area contributed by atoms with Gasteiger partial charge in [-0.25, -0.2) is 21.6 Å². The van der Waals surface area contributed by atoms with Crippen molar-refractivity contribution in [2.75, 3.05) is 11.9 Å². The highest BCUT2D eigenvalue weighted by Gasteiger charge is 2.46. The van der Waals surface area contributed by atoms with E-state index in [9.17, 15) is 31.5 Å². The summed E-state index contributed by atoms with van der Waals surface area (Å²) in [7, 11) is -4.09. The summed E-state index contributed by atoms with van der Waals surface area (Å²) in [6.07, 6.45) is 2.88. The van der Waals surface area contributed by atoms with Crippen LogP contribution in [-0.4, -0.2) is 43.1 Å². The first kappa shape index (κ1) is 29.9. The molecule has 0 saturated heterocycles. The molecule has 12 heteroatoms. The van der Waals surface area contributed by atoms with E-state index in [2.05, 4.69) is 10.5 Å². The van der Waals surface area contributed by atoms with Gasteiger partial charge in [0, 0.05) is 23.4 Å². The van der Waals surface area contributed by atoms with Crippen molar-refractivity contribution < 1.29 is 36.3 Å². The zero-order valence-electron chi connectivity index (χ0n) is 21.2. The van der Waals surface area contributed by atoms with Crippen LogP contribution in [0.15, 0.2) is 40.4 Å². The first-order valence-electron chi connectivity index (χ1n) is 12.2. The average molecular weight is 575 g/mol. The third-order valence-electron chi connectivity index (χ3n) is 6.84. The Balaban J connectivity index is 1.91. The molecule has 0 radical (unpaired) electrons. The molecule has 7 nitrogen and oxygen atoms in total. The molecule has 2 unspecified atom stereocenters. The lowest BCUT2D eigenvalue weighted by molar-refractivity contribution is 0.0762. The predicted molar refractivity (Wildman–Crippen MR) is 139 cm³/mol. The Morgan fingerprint density at radius 2 is 1.87 bits per heavy atom. The summed E-state index contributed by atoms with van der Waals surface area (Å²) in [6.45, 7) is 5.64. The Bertz CT molecular complexity index is 1300. The van der Waals surface area contributed by atoms with E-state index in [1.165, 1.54) is 18.3 Å². The predicted octanol–water partition coefficient (Wildman–Crippen LogP) is 5.75. The van der Waals surface area contributed by atoms with Gasteiger partial charge in [-0.1, -0.05) is 30.6 Å². The lowest BCUT2D eigenvalue weighted by atomic mass is 9.87. The zero-order chi connectivity index (χ0) is 28.3. The standard InChI is InChI=1S/C26H30ClF3N2O5S/c1-4-26(34,14-31-37-5-2)13-17-7-6-15(3)24(17)38(35,36)22-10-16(8-9-19(22)27)25(33)32-18-11-20(28)23(30)21(29)12-18/h8-12,14-15,17,24,34H,4-7,13H2,1-3H3,(H,32,33)/b31-14+/t15?,17-,24?,26-/m0/s1. The number of anilines is 1. The number of sulfone groups is 1. The molecule has 0 aromatic heterocycles. The molecule has 4 atom stereocenters. The maximum absolute atomic E-state index is 13.9. The number of aliphatic hydroxyl groups is 1. The fourth-order valence-corrected chi connectivity index (χ4v) is 7.69. The highest BCUT2D eigenvalue weighted by Crippen LogP contribution is 2.44. The number of rotatable bonds is 10. The van der Waals surface area contributed by atoms with E-state index in [1.54, 1.807) is 13.8 Å². The molecule has 1 fully saturated rings. The molecule has 1 aliphatic rings. The van der Waals surface area contributed by atoms with Crippen molar-refractivity contribution >= 4 is 39.2 Å². The Kier molecular flexibility index (Phi) is 9.48. The van der Waals surface area contributed by atoms with E-state index in [-0.39, 0.29) is 33.5 Å². The Morgan fingerprint density at radius 1 is 1.21 bits per heavy atom. The molecule has 2 aromatic carbocycles. The Labute approximate surface area is 224 Å². The summed E-state index contributed by atoms with van der Waals surface area (Å²) < 4.78 is 68.1. The van der Waals surface area contributed by atoms with Crippen LogP contribution in [0.5, 0.6) is 0 Å². The van der Waals surface area contributed by atoms with Gasteiger partial charge in [0.1, 0.15) is 12.2 Å². The van der Waals surface area contributed by atoms with Crippen LogP contribution in [0.3, 0.4) is 0 Å². The molecule has 0 aliphatic heterocycles. The summed E-state index contributed by atoms with van der Waals surface area (Å²) >= 11 is 6.28. The number of halogens is 4. The zero-order valence-corrected chi connectivity index (χ0v) is 22.8. The van der Waals surface area contributed by atoms with Gasteiger partial charge in [-0.15, -0.1) is 0 Å². The van der Waals surface area contributed by atoms with Crippen LogP contribution in [0.4, 0.5) is 18.9 Å². The van der Waals surface area contributed by atoms with Crippen LogP contribution in [0.25, 0.3) is 0 Å². The SMILES string of the molecule is CCO/N=C/[C@](O)(CC)C[C@@H]1CCC(C)C1S(=O)(=O)c1cc(C(=O)Nc2cc(F)c(F)c(F)c2)ccc1Cl. The van der Waals surface area contributed by atoms with Crippen LogP contribution in [0.2, 0.25) is 5.02 Å². The highest BCUT2D eigenvalue weighted by atomic mass is 35.5. The van der Waals surface area contributed by atoms with Crippen molar-refractivity contribution in [3.63, 3.8) is 0 Å². The number of hydrogen-bond acceptors (Lipinski definition) is 6. The fourth-order valence-electron chi connectivity index (χ4n) is 4.84. The molecule has 1 aliphatic carbocycles. The van der Waals surface area contributed by atoms with Crippen LogP contribution in [0, 0.1) is 29.3 Å². The second-order valence-electron chi connectivity index (χ2n) is 9.49. The summed E-state index contributed by atoms with van der Waals surface area (Å²) in [5, 5.41) is 16.1. The molecule has 1 amide bonds. The van der Waals surface area contributed by atoms with Crippen LogP contribution < -0.4 is 5.32 Å². The fraction of sp³-hybridized carbons (Fsp3) is 0.462. The van der Waals surface area contributed by atoms with E-state index < -0.39 is 50.0 Å². The highest BCUT2D eigenvalue weighted by molar-refractivity contribution is 7.92. The quantitative estimate of drug-likeness (QED) is 0.213. The van der Waals surface area contributed by atoms with Gasteiger partial charge < -0.3 is 15.3 Å². The van der Waals surface area contributed by atoms with Gasteiger partial charge in [-0.05, 0) is 62.6 Å². The molecule has 0 heterocycles. The van der Waals surface area contributed by atoms with Gasteiger partial charge >= 0.3 is 0 Å². The van der Waals surface area contributed by atoms with Gasteiger partial charge in [0.25, 0.3) is 5.91 Å². The van der Waals surface area contributed by atoms with Gasteiger partial charge in [0.15, 0.2) is 27.3 Å². The van der Waals surface area contributed by atoms with E-state index in [4.69, 9.17) is 16.4 Å². The normalized spacial score (nSPS) is 21.4. The Hall–Kier alpha value is -2.63. The second-order valence-corrected chi connectivity index (χ2v) is 12.0. The van der Waals surface area contributed by atoms with E-state index in [0.717, 1.165) is 6.07 Å². The molecule has 208 valence electrons. The first-order chi connectivity index (χ1) is 17.8. The van der Waals surface area contributed by atoms with E-state index in [0.29, 0.717) is 38.0 Å². The maximum atomic E-state index is 13.9. The van der Waals surface area contributed by atoms with Gasteiger partial charge in [-0.2, -0.15) is 0 Å². The van der Waals surface area contributed by atoms with Gasteiger partial charge in [0.2, 0.25) is 0 Å². The van der Waals surface area contributed by atoms with Crippen molar-refractivity contribution in [3.05, 3.63) is 58.4 Å². The summed E-state index contributed by atoms with van der Waals surface area (Å²) in [5.74, 6) is -6.20. The van der Waals surface area contributed by atoms with Crippen LogP contribution in [-0.2, 0) is 14.7 Å². The molecule has 0 spiro atoms. The summed E-state index contributed by atoms with van der Waals surface area (Å²) in [4.78, 5) is 17.5. The topological polar surface area (TPSA) is 105 Å². The van der Waals surface area contributed by atoms with Gasteiger partial charge in [0.05, 0.1) is 21.4 Å². The minimum atomic E-state index is -4.09. The molecule has 0 bridgehead atoms. The number of amides is 1. The second kappa shape index (κ2) is 12.0. The number of oxime groups is 1. The number of carbonyl (C=O) groups excluding carboxylic acids is 1. The van der Waals surface area contributed by atoms with Gasteiger partial charge in [-0.3, -0.25) is 4.79 Å². The van der Waals surface area contributed by atoms with Crippen molar-refractivity contribution in [1.29, 1.82) is 0 Å². The third-order valence-corrected chi connectivity index (χ3v) is 9.80. The molecule has 1 saturated carbocycles. The molecular weight excluding hydrogens is 545 g/mol. The van der Waals surface area contributed by atoms with Crippen molar-refractivity contribution in [3.8, 4) is 0 Å². The molecule has 2 N–H and O–H groups in total. The van der Waals surface area contributed by atoms with Crippen molar-refractivity contribution in [1.82, 2.24) is 0 Å². The summed E-state index contributed by atoms with van der Waals surface area (Å²) in [5.41, 5.74) is -1.85. The third kappa shape index (κ3) is 6.50. The lowest BCUT2D eigenvalue weighted by Gasteiger charge is -2.30. The molecule has 38 heavy (non-hydrogen) atoms. The van der Waals surface area contributed by atoms with E-state index in [1.807, 2.05) is 6.92 Å². The maximum Gasteiger partial charge on any atom is 0.255 e. The number of carbonyl (C=O) groups is 1. The lowest BCUT2D eigenvalue weighted by Crippen LogP contribution is -2.38. The average Bonchev–Trinajstić information content (AvgIpc) is 3.22. The van der Waals surface area contributed by atoms with Crippen LogP contribution in [0.1, 0.15) is 56.8 Å². The molecule has 2 aromatic rings. The largest absolute Gasteiger partial charge is 0.396 e. The number of nitrogens with one attached hydrogen (secondary N) is 1. The Morgan fingerprint density at radius 3 is 2.47 bits per heavy atom. The first-order valence-corrected chi connectivity index (χ1v) is 14.1. The van der Waals surface area contributed by atoms with E-state index >= 15 is 0 Å². The number of benzene rings is 2. The van der Waals surface area contributed by atoms with Crippen molar-refractivity contribution in [2.45, 2.75) is 62.2 Å². The minimum absolute atomic E-state index is 0.0954. The summed E-state index contributed by atoms with van der Waals surface area (Å²) in [6, 6.07) is 4.84. The molecule has 3 rings (SSSR count). The number of hydrogen-bond donors (Lipinski definition) is 2. The monoisotopic (exact) mass is 574 g/mol. The van der Waals surface area contributed by atoms with Crippen LogP contribution >= 0.6 is 11.6 Å².